The average Bonchev–Trinajstić information content (AvgIpc) is 2.97. The quantitative estimate of drug-likeness (QED) is 0.729. The predicted octanol–water partition coefficient (Wildman–Crippen LogP) is 3.63. The molecule has 0 aliphatic rings. The fourth-order valence-electron chi connectivity index (χ4n) is 2.62. The molecule has 132 valence electrons. The number of nitrogens with one attached hydrogen (secondary N) is 1. The SMILES string of the molecule is CCCc1cc(=O)n2nc(NCC(C)(C)c3cccc(F)c3)sc2n1. The van der Waals surface area contributed by atoms with Gasteiger partial charge >= 0.3 is 0 Å². The van der Waals surface area contributed by atoms with Crippen LogP contribution in [0.4, 0.5) is 9.52 Å². The van der Waals surface area contributed by atoms with Crippen LogP contribution >= 0.6 is 11.3 Å². The van der Waals surface area contributed by atoms with Crippen LogP contribution in [0.3, 0.4) is 0 Å². The third-order valence-electron chi connectivity index (χ3n) is 4.09. The van der Waals surface area contributed by atoms with Crippen LogP contribution in [0.15, 0.2) is 35.1 Å². The summed E-state index contributed by atoms with van der Waals surface area (Å²) in [6.45, 7) is 6.68. The molecule has 0 saturated heterocycles. The van der Waals surface area contributed by atoms with Gasteiger partial charge in [-0.3, -0.25) is 4.79 Å². The zero-order valence-corrected chi connectivity index (χ0v) is 15.4. The van der Waals surface area contributed by atoms with E-state index in [1.165, 1.54) is 28.0 Å². The second-order valence-electron chi connectivity index (χ2n) is 6.69. The van der Waals surface area contributed by atoms with Crippen LogP contribution in [-0.4, -0.2) is 21.1 Å². The van der Waals surface area contributed by atoms with Crippen molar-refractivity contribution in [2.45, 2.75) is 39.0 Å². The maximum Gasteiger partial charge on any atom is 0.275 e. The second kappa shape index (κ2) is 6.92. The molecular formula is C18H21FN4OS. The molecule has 0 spiro atoms. The summed E-state index contributed by atoms with van der Waals surface area (Å²) >= 11 is 1.35. The Morgan fingerprint density at radius 1 is 1.32 bits per heavy atom. The van der Waals surface area contributed by atoms with Crippen molar-refractivity contribution in [1.29, 1.82) is 0 Å². The van der Waals surface area contributed by atoms with E-state index in [0.717, 1.165) is 24.1 Å². The zero-order chi connectivity index (χ0) is 18.0. The Morgan fingerprint density at radius 3 is 2.84 bits per heavy atom. The minimum Gasteiger partial charge on any atom is -0.359 e. The monoisotopic (exact) mass is 360 g/mol. The Hall–Kier alpha value is -2.28. The lowest BCUT2D eigenvalue weighted by atomic mass is 9.84. The molecule has 0 saturated carbocycles. The van der Waals surface area contributed by atoms with E-state index < -0.39 is 0 Å². The number of hydrogen-bond donors (Lipinski definition) is 1. The van der Waals surface area contributed by atoms with E-state index in [-0.39, 0.29) is 16.8 Å². The van der Waals surface area contributed by atoms with E-state index in [0.29, 0.717) is 16.6 Å². The van der Waals surface area contributed by atoms with Gasteiger partial charge in [-0.25, -0.2) is 9.37 Å². The summed E-state index contributed by atoms with van der Waals surface area (Å²) in [5.41, 5.74) is 1.25. The predicted molar refractivity (Wildman–Crippen MR) is 99.0 cm³/mol. The molecule has 7 heteroatoms. The summed E-state index contributed by atoms with van der Waals surface area (Å²) in [6.07, 6.45) is 1.72. The van der Waals surface area contributed by atoms with Gasteiger partial charge in [0.2, 0.25) is 10.1 Å². The summed E-state index contributed by atoms with van der Waals surface area (Å²) in [4.78, 5) is 17.2. The maximum atomic E-state index is 13.5. The van der Waals surface area contributed by atoms with Crippen molar-refractivity contribution in [3.63, 3.8) is 0 Å². The molecule has 3 aromatic rings. The third kappa shape index (κ3) is 3.87. The van der Waals surface area contributed by atoms with Crippen molar-refractivity contribution in [2.24, 2.45) is 0 Å². The topological polar surface area (TPSA) is 59.3 Å². The fraction of sp³-hybridized carbons (Fsp3) is 0.389. The van der Waals surface area contributed by atoms with Crippen molar-refractivity contribution in [3.8, 4) is 0 Å². The standard InChI is InChI=1S/C18H21FN4OS/c1-4-6-14-10-15(24)23-17(21-14)25-16(22-23)20-11-18(2,3)12-7-5-8-13(19)9-12/h5,7-10H,4,6,11H2,1-3H3,(H,20,22). The molecule has 0 atom stereocenters. The van der Waals surface area contributed by atoms with Crippen LogP contribution in [0.5, 0.6) is 0 Å². The van der Waals surface area contributed by atoms with E-state index in [4.69, 9.17) is 0 Å². The van der Waals surface area contributed by atoms with Crippen LogP contribution in [0, 0.1) is 5.82 Å². The summed E-state index contributed by atoms with van der Waals surface area (Å²) in [7, 11) is 0. The number of aryl methyl sites for hydroxylation is 1. The molecule has 0 fully saturated rings. The Kier molecular flexibility index (Phi) is 4.85. The normalized spacial score (nSPS) is 11.8. The van der Waals surface area contributed by atoms with Gasteiger partial charge in [0.1, 0.15) is 5.82 Å². The number of fused-ring (bicyclic) bond motifs is 1. The molecule has 2 heterocycles. The number of anilines is 1. The molecule has 3 rings (SSSR count). The first kappa shape index (κ1) is 17.5. The number of nitrogens with zero attached hydrogens (tertiary/aromatic N) is 3. The molecule has 1 N–H and O–H groups in total. The van der Waals surface area contributed by atoms with Crippen molar-refractivity contribution >= 4 is 21.4 Å². The van der Waals surface area contributed by atoms with E-state index in [9.17, 15) is 9.18 Å². The van der Waals surface area contributed by atoms with Crippen LogP contribution in [-0.2, 0) is 11.8 Å². The molecule has 0 unspecified atom stereocenters. The minimum atomic E-state index is -0.286. The van der Waals surface area contributed by atoms with Gasteiger partial charge in [-0.05, 0) is 24.1 Å². The van der Waals surface area contributed by atoms with E-state index >= 15 is 0 Å². The molecule has 0 amide bonds. The van der Waals surface area contributed by atoms with Crippen LogP contribution in [0.2, 0.25) is 0 Å². The van der Waals surface area contributed by atoms with Crippen molar-refractivity contribution in [1.82, 2.24) is 14.6 Å². The average molecular weight is 360 g/mol. The first-order valence-electron chi connectivity index (χ1n) is 8.29. The van der Waals surface area contributed by atoms with Gasteiger partial charge in [0, 0.05) is 23.7 Å². The van der Waals surface area contributed by atoms with Gasteiger partial charge in [0.05, 0.1) is 0 Å². The summed E-state index contributed by atoms with van der Waals surface area (Å²) in [6, 6.07) is 8.14. The number of rotatable bonds is 6. The number of halogens is 1. The molecule has 2 aromatic heterocycles. The first-order valence-corrected chi connectivity index (χ1v) is 9.10. The fourth-order valence-corrected chi connectivity index (χ4v) is 3.44. The summed E-state index contributed by atoms with van der Waals surface area (Å²) in [5, 5.41) is 8.19. The van der Waals surface area contributed by atoms with Gasteiger partial charge in [-0.15, -0.1) is 5.10 Å². The Bertz CT molecular complexity index is 948. The van der Waals surface area contributed by atoms with Crippen LogP contribution < -0.4 is 10.9 Å². The highest BCUT2D eigenvalue weighted by atomic mass is 32.1. The molecule has 0 aliphatic carbocycles. The van der Waals surface area contributed by atoms with Gasteiger partial charge in [-0.2, -0.15) is 4.52 Å². The first-order chi connectivity index (χ1) is 11.9. The minimum absolute atomic E-state index is 0.165. The highest BCUT2D eigenvalue weighted by molar-refractivity contribution is 7.20. The van der Waals surface area contributed by atoms with Crippen molar-refractivity contribution in [3.05, 3.63) is 57.8 Å². The summed E-state index contributed by atoms with van der Waals surface area (Å²) in [5.74, 6) is -0.246. The van der Waals surface area contributed by atoms with E-state index in [1.54, 1.807) is 12.1 Å². The molecule has 0 aliphatic heterocycles. The summed E-state index contributed by atoms with van der Waals surface area (Å²) < 4.78 is 14.8. The van der Waals surface area contributed by atoms with Gasteiger partial charge in [0.25, 0.3) is 5.56 Å². The van der Waals surface area contributed by atoms with Crippen molar-refractivity contribution < 1.29 is 4.39 Å². The van der Waals surface area contributed by atoms with Crippen molar-refractivity contribution in [2.75, 3.05) is 11.9 Å². The molecule has 0 bridgehead atoms. The van der Waals surface area contributed by atoms with E-state index in [2.05, 4.69) is 22.3 Å². The number of aromatic nitrogens is 3. The molecule has 5 nitrogen and oxygen atoms in total. The smallest absolute Gasteiger partial charge is 0.275 e. The molecule has 1 aromatic carbocycles. The lowest BCUT2D eigenvalue weighted by Crippen LogP contribution is -2.27. The molecule has 0 radical (unpaired) electrons. The Balaban J connectivity index is 1.81. The van der Waals surface area contributed by atoms with Gasteiger partial charge in [-0.1, -0.05) is 50.7 Å². The van der Waals surface area contributed by atoms with Crippen LogP contribution in [0.1, 0.15) is 38.4 Å². The number of hydrogen-bond acceptors (Lipinski definition) is 5. The number of benzene rings is 1. The van der Waals surface area contributed by atoms with E-state index in [1.807, 2.05) is 19.9 Å². The maximum absolute atomic E-state index is 13.5. The van der Waals surface area contributed by atoms with Crippen LogP contribution in [0.25, 0.3) is 4.96 Å². The molecular weight excluding hydrogens is 339 g/mol. The lowest BCUT2D eigenvalue weighted by Gasteiger charge is -2.25. The lowest BCUT2D eigenvalue weighted by molar-refractivity contribution is 0.546. The Morgan fingerprint density at radius 2 is 2.12 bits per heavy atom. The molecule has 25 heavy (non-hydrogen) atoms. The highest BCUT2D eigenvalue weighted by Gasteiger charge is 2.21. The Labute approximate surface area is 149 Å². The second-order valence-corrected chi connectivity index (χ2v) is 7.64. The zero-order valence-electron chi connectivity index (χ0n) is 14.5. The van der Waals surface area contributed by atoms with Gasteiger partial charge in [0.15, 0.2) is 0 Å². The highest BCUT2D eigenvalue weighted by Crippen LogP contribution is 2.25. The van der Waals surface area contributed by atoms with Gasteiger partial charge < -0.3 is 5.32 Å². The third-order valence-corrected chi connectivity index (χ3v) is 4.96. The largest absolute Gasteiger partial charge is 0.359 e.